The molecule has 1 aliphatic rings. The summed E-state index contributed by atoms with van der Waals surface area (Å²) in [5, 5.41) is 9.28. The van der Waals surface area contributed by atoms with Gasteiger partial charge in [0.2, 0.25) is 0 Å². The van der Waals surface area contributed by atoms with Crippen LogP contribution in [0, 0.1) is 0 Å². The number of aliphatic hydroxyl groups is 1. The Morgan fingerprint density at radius 2 is 1.82 bits per heavy atom. The summed E-state index contributed by atoms with van der Waals surface area (Å²) in [6.07, 6.45) is 3.03. The minimum Gasteiger partial charge on any atom is -0.393 e. The second-order valence-corrected chi connectivity index (χ2v) is 5.15. The van der Waals surface area contributed by atoms with E-state index in [0.29, 0.717) is 6.04 Å². The molecule has 0 radical (unpaired) electrons. The average Bonchev–Trinajstić information content (AvgIpc) is 2.34. The van der Waals surface area contributed by atoms with E-state index >= 15 is 0 Å². The monoisotopic (exact) mass is 243 g/mol. The topological polar surface area (TPSA) is 52.7 Å². The van der Waals surface area contributed by atoms with Crippen LogP contribution in [0.5, 0.6) is 0 Å². The van der Waals surface area contributed by atoms with E-state index in [1.165, 1.54) is 6.42 Å². The van der Waals surface area contributed by atoms with Crippen molar-refractivity contribution in [2.24, 2.45) is 5.73 Å². The summed E-state index contributed by atoms with van der Waals surface area (Å²) < 4.78 is 0. The first-order chi connectivity index (χ1) is 8.17. The van der Waals surface area contributed by atoms with Gasteiger partial charge in [-0.05, 0) is 32.7 Å². The van der Waals surface area contributed by atoms with Crippen LogP contribution >= 0.6 is 0 Å². The summed E-state index contributed by atoms with van der Waals surface area (Å²) in [4.78, 5) is 5.03. The number of rotatable bonds is 7. The van der Waals surface area contributed by atoms with Crippen LogP contribution < -0.4 is 5.73 Å². The van der Waals surface area contributed by atoms with Crippen molar-refractivity contribution in [3.8, 4) is 0 Å². The molecule has 4 heteroatoms. The quantitative estimate of drug-likeness (QED) is 0.684. The van der Waals surface area contributed by atoms with Crippen molar-refractivity contribution in [2.75, 3.05) is 39.3 Å². The van der Waals surface area contributed by atoms with Crippen LogP contribution in [0.3, 0.4) is 0 Å². The Morgan fingerprint density at radius 3 is 2.29 bits per heavy atom. The van der Waals surface area contributed by atoms with Crippen molar-refractivity contribution in [1.29, 1.82) is 0 Å². The predicted octanol–water partition coefficient (Wildman–Crippen LogP) is 0.502. The molecule has 0 aromatic rings. The summed E-state index contributed by atoms with van der Waals surface area (Å²) in [7, 11) is 0. The highest BCUT2D eigenvalue weighted by Gasteiger charge is 2.21. The Labute approximate surface area is 106 Å². The number of aliphatic hydroxyl groups excluding tert-OH is 1. The third kappa shape index (κ3) is 5.34. The van der Waals surface area contributed by atoms with Gasteiger partial charge in [-0.1, -0.05) is 6.92 Å². The minimum absolute atomic E-state index is 0.173. The lowest BCUT2D eigenvalue weighted by molar-refractivity contribution is 0.0792. The molecule has 1 fully saturated rings. The fourth-order valence-corrected chi connectivity index (χ4v) is 2.56. The second kappa shape index (κ2) is 8.03. The molecule has 0 amide bonds. The predicted molar refractivity (Wildman–Crippen MR) is 72.1 cm³/mol. The number of nitrogens with two attached hydrogens (primary N) is 1. The normalized spacial score (nSPS) is 22.6. The van der Waals surface area contributed by atoms with Gasteiger partial charge in [0, 0.05) is 38.8 Å². The molecule has 1 rings (SSSR count). The van der Waals surface area contributed by atoms with Crippen molar-refractivity contribution >= 4 is 0 Å². The van der Waals surface area contributed by atoms with Crippen LogP contribution in [0.1, 0.15) is 33.1 Å². The largest absolute Gasteiger partial charge is 0.393 e. The second-order valence-electron chi connectivity index (χ2n) is 5.15. The Hall–Kier alpha value is -0.160. The van der Waals surface area contributed by atoms with Gasteiger partial charge in [-0.25, -0.2) is 0 Å². The van der Waals surface area contributed by atoms with Gasteiger partial charge in [0.25, 0.3) is 0 Å². The molecule has 1 heterocycles. The molecular formula is C13H29N3O. The van der Waals surface area contributed by atoms with Crippen LogP contribution in [-0.4, -0.2) is 66.3 Å². The molecule has 0 aromatic carbocycles. The fourth-order valence-electron chi connectivity index (χ4n) is 2.56. The highest BCUT2D eigenvalue weighted by Crippen LogP contribution is 2.12. The summed E-state index contributed by atoms with van der Waals surface area (Å²) in [5.41, 5.74) is 5.66. The van der Waals surface area contributed by atoms with Gasteiger partial charge in [0.1, 0.15) is 0 Å². The van der Waals surface area contributed by atoms with Crippen molar-refractivity contribution in [1.82, 2.24) is 9.80 Å². The number of nitrogens with zero attached hydrogens (tertiary/aromatic N) is 2. The highest BCUT2D eigenvalue weighted by atomic mass is 16.3. The average molecular weight is 243 g/mol. The fraction of sp³-hybridized carbons (Fsp3) is 1.00. The third-order valence-electron chi connectivity index (χ3n) is 3.76. The van der Waals surface area contributed by atoms with Gasteiger partial charge in [0.15, 0.2) is 0 Å². The smallest absolute Gasteiger partial charge is 0.0524 e. The molecule has 17 heavy (non-hydrogen) atoms. The molecule has 1 saturated heterocycles. The molecule has 0 saturated carbocycles. The van der Waals surface area contributed by atoms with Crippen molar-refractivity contribution in [3.63, 3.8) is 0 Å². The Morgan fingerprint density at radius 1 is 1.18 bits per heavy atom. The van der Waals surface area contributed by atoms with E-state index in [4.69, 9.17) is 5.73 Å². The van der Waals surface area contributed by atoms with Gasteiger partial charge in [-0.15, -0.1) is 0 Å². The highest BCUT2D eigenvalue weighted by molar-refractivity contribution is 4.78. The maximum atomic E-state index is 9.28. The van der Waals surface area contributed by atoms with Crippen LogP contribution in [0.2, 0.25) is 0 Å². The van der Waals surface area contributed by atoms with Crippen LogP contribution in [0.4, 0.5) is 0 Å². The van der Waals surface area contributed by atoms with E-state index in [1.807, 2.05) is 6.92 Å². The Bertz CT molecular complexity index is 191. The lowest BCUT2D eigenvalue weighted by Crippen LogP contribution is -2.50. The van der Waals surface area contributed by atoms with E-state index < -0.39 is 0 Å². The lowest BCUT2D eigenvalue weighted by Gasteiger charge is -2.39. The zero-order chi connectivity index (χ0) is 12.7. The van der Waals surface area contributed by atoms with Gasteiger partial charge in [-0.3, -0.25) is 4.90 Å². The SMILES string of the molecule is CCC(CCN)N1CCN(CCC(C)O)CC1. The maximum absolute atomic E-state index is 9.28. The zero-order valence-electron chi connectivity index (χ0n) is 11.4. The van der Waals surface area contributed by atoms with Crippen LogP contribution in [-0.2, 0) is 0 Å². The van der Waals surface area contributed by atoms with E-state index in [-0.39, 0.29) is 6.10 Å². The third-order valence-corrected chi connectivity index (χ3v) is 3.76. The molecule has 4 nitrogen and oxygen atoms in total. The van der Waals surface area contributed by atoms with Gasteiger partial charge in [0.05, 0.1) is 6.10 Å². The summed E-state index contributed by atoms with van der Waals surface area (Å²) in [6.45, 7) is 10.5. The van der Waals surface area contributed by atoms with Crippen LogP contribution in [0.15, 0.2) is 0 Å². The first-order valence-electron chi connectivity index (χ1n) is 7.01. The zero-order valence-corrected chi connectivity index (χ0v) is 11.4. The van der Waals surface area contributed by atoms with Crippen molar-refractivity contribution in [2.45, 2.75) is 45.3 Å². The molecular weight excluding hydrogens is 214 g/mol. The van der Waals surface area contributed by atoms with Gasteiger partial charge in [-0.2, -0.15) is 0 Å². The molecule has 0 aliphatic carbocycles. The molecule has 2 unspecified atom stereocenters. The lowest BCUT2D eigenvalue weighted by atomic mass is 10.1. The van der Waals surface area contributed by atoms with Gasteiger partial charge < -0.3 is 15.7 Å². The molecule has 0 spiro atoms. The number of hydrogen-bond acceptors (Lipinski definition) is 4. The molecule has 0 bridgehead atoms. The standard InChI is InChI=1S/C13H29N3O/c1-3-13(4-6-14)16-10-8-15(9-11-16)7-5-12(2)17/h12-13,17H,3-11,14H2,1-2H3. The van der Waals surface area contributed by atoms with E-state index in [0.717, 1.165) is 52.1 Å². The first-order valence-corrected chi connectivity index (χ1v) is 7.01. The maximum Gasteiger partial charge on any atom is 0.0524 e. The number of hydrogen-bond donors (Lipinski definition) is 2. The van der Waals surface area contributed by atoms with Gasteiger partial charge >= 0.3 is 0 Å². The molecule has 1 aliphatic heterocycles. The first kappa shape index (κ1) is 14.9. The summed E-state index contributed by atoms with van der Waals surface area (Å²) in [5.74, 6) is 0. The summed E-state index contributed by atoms with van der Waals surface area (Å²) in [6, 6.07) is 0.666. The molecule has 0 aromatic heterocycles. The summed E-state index contributed by atoms with van der Waals surface area (Å²) >= 11 is 0. The Kier molecular flexibility index (Phi) is 7.04. The van der Waals surface area contributed by atoms with Crippen LogP contribution in [0.25, 0.3) is 0 Å². The van der Waals surface area contributed by atoms with E-state index in [9.17, 15) is 5.11 Å². The van der Waals surface area contributed by atoms with E-state index in [1.54, 1.807) is 0 Å². The number of piperazine rings is 1. The van der Waals surface area contributed by atoms with E-state index in [2.05, 4.69) is 16.7 Å². The molecule has 3 N–H and O–H groups in total. The Balaban J connectivity index is 2.24. The van der Waals surface area contributed by atoms with Crippen molar-refractivity contribution in [3.05, 3.63) is 0 Å². The molecule has 102 valence electrons. The molecule has 2 atom stereocenters. The van der Waals surface area contributed by atoms with Crippen molar-refractivity contribution < 1.29 is 5.11 Å². The minimum atomic E-state index is -0.173.